The van der Waals surface area contributed by atoms with E-state index in [1.165, 1.54) is 0 Å². The second-order valence-corrected chi connectivity index (χ2v) is 19.8. The van der Waals surface area contributed by atoms with Gasteiger partial charge in [-0.1, -0.05) is 0 Å². The number of carbonyl (C=O) groups excluding carboxylic acids is 5. The molecule has 0 saturated carbocycles. The van der Waals surface area contributed by atoms with Gasteiger partial charge in [0.15, 0.2) is 110 Å². The molecule has 0 radical (unpaired) electrons. The lowest BCUT2D eigenvalue weighted by Gasteiger charge is -2.41. The number of carbonyl (C=O) groups is 5. The summed E-state index contributed by atoms with van der Waals surface area (Å²) in [6, 6.07) is 1.45. The average molecular weight is 1240 g/mol. The van der Waals surface area contributed by atoms with Crippen LogP contribution < -0.4 is 11.3 Å². The van der Waals surface area contributed by atoms with E-state index < -0.39 is 287 Å². The number of hydrogen-bond donors (Lipinski definition) is 20. The number of benzene rings is 7. The van der Waals surface area contributed by atoms with E-state index in [2.05, 4.69) is 0 Å². The molecule has 456 valence electrons. The molecule has 9 aromatic rings. The minimum Gasteiger partial charge on any atom is -0.504 e. The summed E-state index contributed by atoms with van der Waals surface area (Å²) in [6.07, 6.45) is -15.1. The molecule has 10 bridgehead atoms. The third kappa shape index (κ3) is 7.69. The van der Waals surface area contributed by atoms with Gasteiger partial charge in [0.2, 0.25) is 34.5 Å². The Hall–Kier alpha value is -13.0. The van der Waals surface area contributed by atoms with E-state index in [1.807, 2.05) is 0 Å². The van der Waals surface area contributed by atoms with Gasteiger partial charge >= 0.3 is 41.1 Å². The van der Waals surface area contributed by atoms with Crippen LogP contribution in [0, 0.1) is 0 Å². The lowest BCUT2D eigenvalue weighted by Crippen LogP contribution is -2.56. The molecular formula is C55H32O34. The molecule has 0 amide bonds. The molecule has 4 aliphatic rings. The predicted octanol–water partition coefficient (Wildman–Crippen LogP) is 2.63. The van der Waals surface area contributed by atoms with Gasteiger partial charge in [-0.3, -0.25) is 0 Å². The van der Waals surface area contributed by atoms with Gasteiger partial charge in [-0.05, 0) is 30.3 Å². The molecule has 20 N–H and O–H groups in total. The second kappa shape index (κ2) is 19.0. The Balaban J connectivity index is 1.22. The maximum Gasteiger partial charge on any atom is 0.345 e. The summed E-state index contributed by atoms with van der Waals surface area (Å²) in [5.74, 6) is -39.9. The monoisotopic (exact) mass is 1240 g/mol. The van der Waals surface area contributed by atoms with Crippen molar-refractivity contribution in [2.45, 2.75) is 30.5 Å². The first-order valence-corrected chi connectivity index (χ1v) is 24.7. The molecule has 89 heavy (non-hydrogen) atoms. The number of hydrogen-bond acceptors (Lipinski definition) is 34. The van der Waals surface area contributed by atoms with Crippen LogP contribution in [0.25, 0.3) is 66.1 Å². The predicted molar refractivity (Wildman–Crippen MR) is 280 cm³/mol. The lowest BCUT2D eigenvalue weighted by molar-refractivity contribution is -0.154. The van der Waals surface area contributed by atoms with Crippen molar-refractivity contribution >= 4 is 62.6 Å². The molecule has 13 rings (SSSR count). The second-order valence-electron chi connectivity index (χ2n) is 19.8. The Labute approximate surface area is 484 Å². The van der Waals surface area contributed by atoms with E-state index in [0.29, 0.717) is 12.1 Å². The number of phenols is 19. The number of aliphatic hydroxyl groups is 1. The smallest absolute Gasteiger partial charge is 0.345 e. The molecule has 34 heteroatoms. The molecule has 0 fully saturated rings. The highest BCUT2D eigenvalue weighted by Crippen LogP contribution is 2.60. The number of cyclic esters (lactones) is 2. The first kappa shape index (κ1) is 56.5. The van der Waals surface area contributed by atoms with Crippen molar-refractivity contribution in [1.82, 2.24) is 0 Å². The van der Waals surface area contributed by atoms with Gasteiger partial charge in [0, 0.05) is 49.7 Å². The highest BCUT2D eigenvalue weighted by atomic mass is 16.6. The summed E-state index contributed by atoms with van der Waals surface area (Å²) in [4.78, 5) is 103. The van der Waals surface area contributed by atoms with Crippen molar-refractivity contribution in [1.29, 1.82) is 0 Å². The van der Waals surface area contributed by atoms with Gasteiger partial charge in [0.1, 0.15) is 12.7 Å². The van der Waals surface area contributed by atoms with Crippen LogP contribution in [0.1, 0.15) is 63.5 Å². The van der Waals surface area contributed by atoms with E-state index in [4.69, 9.17) is 32.5 Å². The van der Waals surface area contributed by atoms with Gasteiger partial charge in [-0.2, -0.15) is 0 Å². The SMILES string of the molecule is O=C(OC1COC(=O)c2cc(O)c(O)c(O)c2-c2c(O)c(O)c3oc(=O)c4c(c(O)c(O)c5oc(=O)c2c3c54)-c2c(cc(O)c(O)c2O)C(=O)OC1C1OC(=O)c2cc(O)c(O)c(O)c2-c2c(O)c(O)c(O)c3c2C(=O)OC1C3O)c1cc(O)c(O)c(O)c1. The van der Waals surface area contributed by atoms with E-state index >= 15 is 4.79 Å². The van der Waals surface area contributed by atoms with Gasteiger partial charge in [0.05, 0.1) is 38.6 Å². The molecule has 2 aromatic heterocycles. The first-order chi connectivity index (χ1) is 41.9. The van der Waals surface area contributed by atoms with Crippen molar-refractivity contribution in [2.75, 3.05) is 6.61 Å². The van der Waals surface area contributed by atoms with Crippen molar-refractivity contribution in [2.24, 2.45) is 0 Å². The van der Waals surface area contributed by atoms with Crippen LogP contribution in [-0.2, 0) is 23.7 Å². The summed E-state index contributed by atoms with van der Waals surface area (Å²) in [7, 11) is 0. The Kier molecular flexibility index (Phi) is 12.1. The summed E-state index contributed by atoms with van der Waals surface area (Å²) in [6.45, 7) is -1.88. The van der Waals surface area contributed by atoms with E-state index in [0.717, 1.165) is 0 Å². The maximum absolute atomic E-state index is 15.5. The number of ether oxygens (including phenoxy) is 5. The Morgan fingerprint density at radius 2 is 0.753 bits per heavy atom. The largest absolute Gasteiger partial charge is 0.504 e. The number of phenolic OH excluding ortho intramolecular Hbond substituents is 19. The molecule has 0 aliphatic carbocycles. The third-order valence-corrected chi connectivity index (χ3v) is 15.0. The van der Waals surface area contributed by atoms with Crippen LogP contribution in [0.4, 0.5) is 0 Å². The van der Waals surface area contributed by atoms with Crippen LogP contribution in [0.3, 0.4) is 0 Å². The first-order valence-electron chi connectivity index (χ1n) is 24.7. The Bertz CT molecular complexity index is 4910. The summed E-state index contributed by atoms with van der Waals surface area (Å²) in [5, 5.41) is 220. The van der Waals surface area contributed by atoms with Crippen LogP contribution in [0.5, 0.6) is 109 Å². The quantitative estimate of drug-likeness (QED) is 0.0397. The van der Waals surface area contributed by atoms with Crippen molar-refractivity contribution in [3.05, 3.63) is 84.6 Å². The van der Waals surface area contributed by atoms with Gasteiger partial charge < -0.3 is 135 Å². The van der Waals surface area contributed by atoms with Gasteiger partial charge in [0.25, 0.3) is 0 Å². The number of rotatable bonds is 3. The zero-order chi connectivity index (χ0) is 64.5. The molecule has 6 heterocycles. The van der Waals surface area contributed by atoms with Crippen LogP contribution >= 0.6 is 0 Å². The molecule has 7 aromatic carbocycles. The number of aliphatic hydroxyl groups excluding tert-OH is 1. The minimum absolute atomic E-state index is 0.158. The fourth-order valence-corrected chi connectivity index (χ4v) is 11.0. The molecule has 0 spiro atoms. The van der Waals surface area contributed by atoms with Crippen molar-refractivity contribution in [3.63, 3.8) is 0 Å². The normalized spacial score (nSPS) is 18.1. The standard InChI is InChI=1S/C55H32O34/c56-11-1-7(2-12(57)29(11)61)49(76)84-16-6-83-50(77)8-3-13(58)30(62)33(65)17(8)20-25-23-24-26(54(81)87-45(23)42(74)37(20)69)21(38(70)43(75)46(24)86-53(25)80)18-9(4-14(59)31(63)34(18)66)51(78)85-44(16)48-47-40(72)28-27(55(82)88-47)22(36(68)41(73)39(28)71)19-10(52(79)89-48)5-15(60)32(64)35(19)67/h1-5,16,40,44,47-48,56-75H,6H2. The molecular weight excluding hydrogens is 1200 g/mol. The number of fused-ring (bicyclic) bond motifs is 7. The Morgan fingerprint density at radius 3 is 1.21 bits per heavy atom. The van der Waals surface area contributed by atoms with Crippen LogP contribution in [0.2, 0.25) is 0 Å². The van der Waals surface area contributed by atoms with Gasteiger partial charge in [-0.25, -0.2) is 33.6 Å². The van der Waals surface area contributed by atoms with E-state index in [9.17, 15) is 131 Å². The van der Waals surface area contributed by atoms with Crippen LogP contribution in [-0.4, -0.2) is 163 Å². The number of aromatic hydroxyl groups is 19. The van der Waals surface area contributed by atoms with Gasteiger partial charge in [-0.15, -0.1) is 0 Å². The maximum atomic E-state index is 15.5. The molecule has 4 aliphatic heterocycles. The Morgan fingerprint density at radius 1 is 0.371 bits per heavy atom. The van der Waals surface area contributed by atoms with Crippen LogP contribution in [0.15, 0.2) is 48.8 Å². The summed E-state index contributed by atoms with van der Waals surface area (Å²) < 4.78 is 39.0. The van der Waals surface area contributed by atoms with Crippen molar-refractivity contribution in [3.8, 4) is 143 Å². The highest BCUT2D eigenvalue weighted by molar-refractivity contribution is 6.29. The zero-order valence-electron chi connectivity index (χ0n) is 43.1. The average Bonchev–Trinajstić information content (AvgIpc) is 0.818. The minimum atomic E-state index is -3.21. The van der Waals surface area contributed by atoms with Crippen molar-refractivity contribution < 1.29 is 159 Å². The van der Waals surface area contributed by atoms with E-state index in [1.54, 1.807) is 0 Å². The molecule has 0 saturated heterocycles. The van der Waals surface area contributed by atoms with E-state index in [-0.39, 0.29) is 18.2 Å². The zero-order valence-corrected chi connectivity index (χ0v) is 43.1. The molecule has 5 atom stereocenters. The summed E-state index contributed by atoms with van der Waals surface area (Å²) in [5.41, 5.74) is -22.1. The molecule has 34 nitrogen and oxygen atoms in total. The third-order valence-electron chi connectivity index (χ3n) is 15.0. The topological polar surface area (TPSA) is 597 Å². The lowest BCUT2D eigenvalue weighted by atomic mass is 9.82. The number of esters is 5. The fourth-order valence-electron chi connectivity index (χ4n) is 11.0. The fraction of sp³-hybridized carbons (Fsp3) is 0.109. The molecule has 5 unspecified atom stereocenters. The summed E-state index contributed by atoms with van der Waals surface area (Å²) >= 11 is 0. The highest BCUT2D eigenvalue weighted by Gasteiger charge is 2.55.